The number of nitrogens with zero attached hydrogens (tertiary/aromatic N) is 1. The second-order valence-electron chi connectivity index (χ2n) is 8.52. The molecule has 162 valence electrons. The Labute approximate surface area is 176 Å². The third kappa shape index (κ3) is 4.26. The first-order valence-corrected chi connectivity index (χ1v) is 10.7. The van der Waals surface area contributed by atoms with Gasteiger partial charge in [-0.05, 0) is 56.0 Å². The molecule has 3 heterocycles. The maximum Gasteiger partial charge on any atom is 0.255 e. The Morgan fingerprint density at radius 1 is 1.23 bits per heavy atom. The van der Waals surface area contributed by atoms with Crippen LogP contribution in [0.1, 0.15) is 53.6 Å². The molecule has 0 aromatic heterocycles. The van der Waals surface area contributed by atoms with Crippen LogP contribution in [0.3, 0.4) is 0 Å². The molecule has 0 aliphatic carbocycles. The number of imide groups is 1. The molecule has 0 radical (unpaired) electrons. The molecule has 1 aromatic rings. The Kier molecular flexibility index (Phi) is 6.17. The highest BCUT2D eigenvalue weighted by molar-refractivity contribution is 6.05. The molecule has 1 atom stereocenters. The van der Waals surface area contributed by atoms with Gasteiger partial charge in [0.05, 0.1) is 0 Å². The van der Waals surface area contributed by atoms with Crippen LogP contribution in [0.4, 0.5) is 0 Å². The van der Waals surface area contributed by atoms with Crippen molar-refractivity contribution in [3.8, 4) is 0 Å². The van der Waals surface area contributed by atoms with Gasteiger partial charge in [-0.25, -0.2) is 0 Å². The molecule has 8 nitrogen and oxygen atoms in total. The molecule has 4 rings (SSSR count). The number of ether oxygens (including phenoxy) is 1. The van der Waals surface area contributed by atoms with Crippen molar-refractivity contribution < 1.29 is 19.1 Å². The number of hydrogen-bond donors (Lipinski definition) is 3. The molecule has 1 unspecified atom stereocenters. The second kappa shape index (κ2) is 8.83. The van der Waals surface area contributed by atoms with E-state index >= 15 is 0 Å². The summed E-state index contributed by atoms with van der Waals surface area (Å²) in [6, 6.07) is 5.35. The minimum absolute atomic E-state index is 0.0643. The van der Waals surface area contributed by atoms with Gasteiger partial charge in [-0.3, -0.25) is 19.7 Å². The van der Waals surface area contributed by atoms with E-state index in [0.29, 0.717) is 18.5 Å². The third-order valence-electron chi connectivity index (χ3n) is 6.60. The minimum atomic E-state index is -0.573. The van der Waals surface area contributed by atoms with E-state index < -0.39 is 6.04 Å². The van der Waals surface area contributed by atoms with Crippen molar-refractivity contribution in [2.45, 2.75) is 56.8 Å². The van der Waals surface area contributed by atoms with Gasteiger partial charge in [-0.2, -0.15) is 0 Å². The van der Waals surface area contributed by atoms with Crippen molar-refractivity contribution in [1.29, 1.82) is 0 Å². The van der Waals surface area contributed by atoms with Gasteiger partial charge in [-0.15, -0.1) is 0 Å². The number of amides is 3. The standard InChI is InChI=1S/C22H30N4O4/c1-30-11-8-22(6-9-23-10-7-22)24-13-15-2-3-17-16(12-15)14-26(21(17)29)18-4-5-19(27)25-20(18)28/h2-3,12,18,23-24H,4-11,13-14H2,1H3,(H,25,27,28). The normalized spacial score (nSPS) is 23.4. The number of methoxy groups -OCH3 is 1. The molecular formula is C22H30N4O4. The molecule has 0 spiro atoms. The Morgan fingerprint density at radius 2 is 2.03 bits per heavy atom. The lowest BCUT2D eigenvalue weighted by atomic mass is 9.85. The smallest absolute Gasteiger partial charge is 0.255 e. The average molecular weight is 415 g/mol. The Morgan fingerprint density at radius 3 is 2.77 bits per heavy atom. The van der Waals surface area contributed by atoms with Crippen LogP contribution >= 0.6 is 0 Å². The predicted molar refractivity (Wildman–Crippen MR) is 111 cm³/mol. The number of benzene rings is 1. The molecule has 30 heavy (non-hydrogen) atoms. The lowest BCUT2D eigenvalue weighted by Gasteiger charge is -2.39. The van der Waals surface area contributed by atoms with Gasteiger partial charge in [0.1, 0.15) is 6.04 Å². The van der Waals surface area contributed by atoms with Crippen LogP contribution in [-0.2, 0) is 27.4 Å². The molecule has 8 heteroatoms. The van der Waals surface area contributed by atoms with Gasteiger partial charge in [-0.1, -0.05) is 12.1 Å². The number of fused-ring (bicyclic) bond motifs is 1. The van der Waals surface area contributed by atoms with E-state index in [0.717, 1.165) is 56.6 Å². The molecular weight excluding hydrogens is 384 g/mol. The first-order valence-electron chi connectivity index (χ1n) is 10.7. The van der Waals surface area contributed by atoms with Gasteiger partial charge in [0.2, 0.25) is 11.8 Å². The monoisotopic (exact) mass is 414 g/mol. The zero-order valence-electron chi connectivity index (χ0n) is 17.5. The summed E-state index contributed by atoms with van der Waals surface area (Å²) in [6.45, 7) is 3.86. The average Bonchev–Trinajstić information content (AvgIpc) is 3.07. The van der Waals surface area contributed by atoms with Crippen molar-refractivity contribution in [3.63, 3.8) is 0 Å². The second-order valence-corrected chi connectivity index (χ2v) is 8.52. The predicted octanol–water partition coefficient (Wildman–Crippen LogP) is 0.696. The lowest BCUT2D eigenvalue weighted by molar-refractivity contribution is -0.136. The topological polar surface area (TPSA) is 99.8 Å². The van der Waals surface area contributed by atoms with Crippen molar-refractivity contribution in [2.75, 3.05) is 26.8 Å². The summed E-state index contributed by atoms with van der Waals surface area (Å²) in [6.07, 6.45) is 3.74. The molecule has 0 saturated carbocycles. The quantitative estimate of drug-likeness (QED) is 0.568. The molecule has 1 aromatic carbocycles. The van der Waals surface area contributed by atoms with Gasteiger partial charge in [0, 0.05) is 44.3 Å². The number of hydrogen-bond acceptors (Lipinski definition) is 6. The van der Waals surface area contributed by atoms with Crippen molar-refractivity contribution >= 4 is 17.7 Å². The Bertz CT molecular complexity index is 834. The summed E-state index contributed by atoms with van der Waals surface area (Å²) >= 11 is 0. The largest absolute Gasteiger partial charge is 0.385 e. The third-order valence-corrected chi connectivity index (χ3v) is 6.60. The number of carbonyl (C=O) groups excluding carboxylic acids is 3. The maximum absolute atomic E-state index is 12.8. The summed E-state index contributed by atoms with van der Waals surface area (Å²) in [7, 11) is 1.74. The van der Waals surface area contributed by atoms with E-state index in [9.17, 15) is 14.4 Å². The van der Waals surface area contributed by atoms with Crippen molar-refractivity contribution in [2.24, 2.45) is 0 Å². The summed E-state index contributed by atoms with van der Waals surface area (Å²) in [4.78, 5) is 38.0. The van der Waals surface area contributed by atoms with Crippen LogP contribution < -0.4 is 16.0 Å². The molecule has 3 aliphatic rings. The van der Waals surface area contributed by atoms with Gasteiger partial charge in [0.15, 0.2) is 0 Å². The van der Waals surface area contributed by atoms with Crippen LogP contribution in [0, 0.1) is 0 Å². The van der Waals surface area contributed by atoms with Gasteiger partial charge >= 0.3 is 0 Å². The molecule has 3 N–H and O–H groups in total. The summed E-state index contributed by atoms with van der Waals surface area (Å²) in [5.74, 6) is -0.775. The fraction of sp³-hybridized carbons (Fsp3) is 0.591. The number of nitrogens with one attached hydrogen (secondary N) is 3. The summed E-state index contributed by atoms with van der Waals surface area (Å²) in [5.41, 5.74) is 2.79. The van der Waals surface area contributed by atoms with E-state index in [2.05, 4.69) is 22.0 Å². The molecule has 0 bridgehead atoms. The highest BCUT2D eigenvalue weighted by Crippen LogP contribution is 2.29. The fourth-order valence-electron chi connectivity index (χ4n) is 4.75. The van der Waals surface area contributed by atoms with Gasteiger partial charge < -0.3 is 20.3 Å². The highest BCUT2D eigenvalue weighted by atomic mass is 16.5. The van der Waals surface area contributed by atoms with Crippen molar-refractivity contribution in [3.05, 3.63) is 34.9 Å². The fourth-order valence-corrected chi connectivity index (χ4v) is 4.75. The number of rotatable bonds is 7. The van der Waals surface area contributed by atoms with Crippen LogP contribution in [-0.4, -0.2) is 61.0 Å². The zero-order valence-corrected chi connectivity index (χ0v) is 17.5. The zero-order chi connectivity index (χ0) is 21.1. The first kappa shape index (κ1) is 21.0. The number of carbonyl (C=O) groups is 3. The van der Waals surface area contributed by atoms with E-state index in [4.69, 9.17) is 4.74 Å². The Hall–Kier alpha value is -2.29. The molecule has 2 fully saturated rings. The van der Waals surface area contributed by atoms with Crippen molar-refractivity contribution in [1.82, 2.24) is 20.9 Å². The van der Waals surface area contributed by atoms with Gasteiger partial charge in [0.25, 0.3) is 5.91 Å². The van der Waals surface area contributed by atoms with Crippen LogP contribution in [0.25, 0.3) is 0 Å². The lowest BCUT2D eigenvalue weighted by Crippen LogP contribution is -2.52. The SMILES string of the molecule is COCCC1(NCc2ccc3c(c2)CN(C2CCC(=O)NC2=O)C3=O)CCNCC1. The van der Waals surface area contributed by atoms with E-state index in [1.54, 1.807) is 12.0 Å². The summed E-state index contributed by atoms with van der Waals surface area (Å²) in [5, 5.41) is 9.52. The van der Waals surface area contributed by atoms with Crippen LogP contribution in [0.2, 0.25) is 0 Å². The highest BCUT2D eigenvalue weighted by Gasteiger charge is 2.39. The maximum atomic E-state index is 12.8. The van der Waals surface area contributed by atoms with Crippen LogP contribution in [0.15, 0.2) is 18.2 Å². The summed E-state index contributed by atoms with van der Waals surface area (Å²) < 4.78 is 5.32. The van der Waals surface area contributed by atoms with Crippen LogP contribution in [0.5, 0.6) is 0 Å². The van der Waals surface area contributed by atoms with E-state index in [1.165, 1.54) is 0 Å². The molecule has 3 aliphatic heterocycles. The first-order chi connectivity index (χ1) is 14.5. The molecule has 3 amide bonds. The van der Waals surface area contributed by atoms with E-state index in [1.807, 2.05) is 12.1 Å². The van der Waals surface area contributed by atoms with E-state index in [-0.39, 0.29) is 29.7 Å². The minimum Gasteiger partial charge on any atom is -0.385 e. The molecule has 2 saturated heterocycles. The Balaban J connectivity index is 1.43. The number of piperidine rings is 2.